The van der Waals surface area contributed by atoms with E-state index in [4.69, 9.17) is 14.3 Å². The van der Waals surface area contributed by atoms with Gasteiger partial charge in [-0.2, -0.15) is 0 Å². The van der Waals surface area contributed by atoms with Gasteiger partial charge in [-0.1, -0.05) is 76.3 Å². The summed E-state index contributed by atoms with van der Waals surface area (Å²) >= 11 is 0. The number of carbonyl (C=O) groups is 3. The van der Waals surface area contributed by atoms with Crippen LogP contribution < -0.4 is 9.47 Å². The van der Waals surface area contributed by atoms with E-state index in [2.05, 4.69) is 12.1 Å². The lowest BCUT2D eigenvalue weighted by molar-refractivity contribution is -0.141. The van der Waals surface area contributed by atoms with Crippen LogP contribution in [0.4, 0.5) is 0 Å². The number of esters is 2. The second-order valence-electron chi connectivity index (χ2n) is 8.25. The molecule has 0 saturated heterocycles. The Bertz CT molecular complexity index is 787. The van der Waals surface area contributed by atoms with Crippen molar-refractivity contribution >= 4 is 23.6 Å². The molecule has 7 nitrogen and oxygen atoms in total. The van der Waals surface area contributed by atoms with Gasteiger partial charge in [0, 0.05) is 32.4 Å². The summed E-state index contributed by atoms with van der Waals surface area (Å²) in [4.78, 5) is 39.0. The average Bonchev–Trinajstić information content (AvgIpc) is 2.73. The molecule has 0 unspecified atom stereocenters. The molecule has 0 N–H and O–H groups in total. The number of oxime groups is 1. The van der Waals surface area contributed by atoms with E-state index >= 15 is 0 Å². The van der Waals surface area contributed by atoms with E-state index in [0.717, 1.165) is 19.3 Å². The van der Waals surface area contributed by atoms with Crippen LogP contribution in [0.25, 0.3) is 0 Å². The van der Waals surface area contributed by atoms with Crippen molar-refractivity contribution in [2.75, 3.05) is 0 Å². The topological polar surface area (TPSA) is 91.3 Å². The van der Waals surface area contributed by atoms with Crippen molar-refractivity contribution in [1.82, 2.24) is 0 Å². The van der Waals surface area contributed by atoms with Crippen LogP contribution in [0.15, 0.2) is 23.4 Å². The predicted molar refractivity (Wildman–Crippen MR) is 128 cm³/mol. The summed E-state index contributed by atoms with van der Waals surface area (Å²) in [5, 5.41) is 4.00. The molecule has 0 spiro atoms. The molecule has 0 radical (unpaired) electrons. The van der Waals surface area contributed by atoms with E-state index in [1.54, 1.807) is 12.1 Å². The zero-order chi connectivity index (χ0) is 24.5. The van der Waals surface area contributed by atoms with Gasteiger partial charge in [0.1, 0.15) is 11.5 Å². The summed E-state index contributed by atoms with van der Waals surface area (Å²) in [5.74, 6) is -1.07. The maximum atomic E-state index is 11.6. The highest BCUT2D eigenvalue weighted by molar-refractivity contribution is 6.03. The minimum atomic E-state index is -0.531. The first-order chi connectivity index (χ1) is 15.8. The highest BCUT2D eigenvalue weighted by Crippen LogP contribution is 2.28. The third kappa shape index (κ3) is 13.4. The van der Waals surface area contributed by atoms with Crippen LogP contribution in [-0.2, 0) is 19.2 Å². The summed E-state index contributed by atoms with van der Waals surface area (Å²) in [6, 6.07) is 4.70. The van der Waals surface area contributed by atoms with Gasteiger partial charge in [0.05, 0.1) is 5.71 Å². The summed E-state index contributed by atoms with van der Waals surface area (Å²) in [7, 11) is 0. The largest absolute Gasteiger partial charge is 0.427 e. The van der Waals surface area contributed by atoms with Crippen molar-refractivity contribution in [1.29, 1.82) is 0 Å². The minimum absolute atomic E-state index is 0.204. The molecule has 0 saturated carbocycles. The molecule has 0 bridgehead atoms. The molecule has 0 aliphatic heterocycles. The van der Waals surface area contributed by atoms with Crippen molar-refractivity contribution in [3.63, 3.8) is 0 Å². The minimum Gasteiger partial charge on any atom is -0.427 e. The normalized spacial score (nSPS) is 11.2. The van der Waals surface area contributed by atoms with E-state index in [0.29, 0.717) is 17.7 Å². The maximum Gasteiger partial charge on any atom is 0.331 e. The second-order valence-corrected chi connectivity index (χ2v) is 8.25. The Balaban J connectivity index is 2.68. The molecule has 0 atom stereocenters. The Morgan fingerprint density at radius 1 is 0.727 bits per heavy atom. The third-order valence-electron chi connectivity index (χ3n) is 5.08. The zero-order valence-electron chi connectivity index (χ0n) is 20.6. The van der Waals surface area contributed by atoms with Gasteiger partial charge in [-0.15, -0.1) is 0 Å². The van der Waals surface area contributed by atoms with E-state index in [9.17, 15) is 14.4 Å². The van der Waals surface area contributed by atoms with Gasteiger partial charge < -0.3 is 14.3 Å². The van der Waals surface area contributed by atoms with Gasteiger partial charge in [0.25, 0.3) is 0 Å². The Morgan fingerprint density at radius 2 is 1.27 bits per heavy atom. The molecule has 0 amide bonds. The van der Waals surface area contributed by atoms with Crippen molar-refractivity contribution in [3.8, 4) is 11.5 Å². The van der Waals surface area contributed by atoms with Crippen LogP contribution in [0.2, 0.25) is 0 Å². The fourth-order valence-electron chi connectivity index (χ4n) is 3.52. The standard InChI is InChI=1S/C26H39NO6/c1-5-6-7-8-9-10-11-12-13-14-15-16-25(27-33-22(4)30)24-18-17-23(31-20(2)28)19-26(24)32-21(3)29/h17-19H,5-16H2,1-4H3. The number of hydrogen-bond acceptors (Lipinski definition) is 7. The summed E-state index contributed by atoms with van der Waals surface area (Å²) in [6.45, 7) is 6.09. The molecular weight excluding hydrogens is 422 g/mol. The lowest BCUT2D eigenvalue weighted by Gasteiger charge is -2.13. The molecular formula is C26H39NO6. The molecule has 1 rings (SSSR count). The lowest BCUT2D eigenvalue weighted by Crippen LogP contribution is -2.11. The van der Waals surface area contributed by atoms with Gasteiger partial charge in [-0.25, -0.2) is 4.79 Å². The van der Waals surface area contributed by atoms with E-state index in [1.165, 1.54) is 78.2 Å². The van der Waals surface area contributed by atoms with E-state index in [1.807, 2.05) is 0 Å². The predicted octanol–water partition coefficient (Wildman–Crippen LogP) is 6.51. The number of unbranched alkanes of at least 4 members (excludes halogenated alkanes) is 10. The summed E-state index contributed by atoms with van der Waals surface area (Å²) in [6.07, 6.45) is 14.0. The smallest absolute Gasteiger partial charge is 0.331 e. The monoisotopic (exact) mass is 461 g/mol. The van der Waals surface area contributed by atoms with Crippen LogP contribution in [0, 0.1) is 0 Å². The van der Waals surface area contributed by atoms with Gasteiger partial charge in [0.2, 0.25) is 0 Å². The quantitative estimate of drug-likeness (QED) is 0.0696. The van der Waals surface area contributed by atoms with Gasteiger partial charge in [0.15, 0.2) is 0 Å². The van der Waals surface area contributed by atoms with Gasteiger partial charge in [-0.05, 0) is 25.0 Å². The Hall–Kier alpha value is -2.70. The number of carbonyl (C=O) groups excluding carboxylic acids is 3. The number of rotatable bonds is 16. The molecule has 0 aromatic heterocycles. The second kappa shape index (κ2) is 16.9. The first kappa shape index (κ1) is 28.3. The summed E-state index contributed by atoms with van der Waals surface area (Å²) < 4.78 is 10.4. The molecule has 1 aromatic carbocycles. The van der Waals surface area contributed by atoms with Crippen molar-refractivity contribution in [2.45, 2.75) is 105 Å². The van der Waals surface area contributed by atoms with Crippen LogP contribution >= 0.6 is 0 Å². The first-order valence-corrected chi connectivity index (χ1v) is 12.1. The number of benzene rings is 1. The number of ether oxygens (including phenoxy) is 2. The lowest BCUT2D eigenvalue weighted by atomic mass is 10.0. The molecule has 0 heterocycles. The molecule has 0 aliphatic carbocycles. The number of nitrogens with zero attached hydrogens (tertiary/aromatic N) is 1. The van der Waals surface area contributed by atoms with Crippen molar-refractivity contribution in [3.05, 3.63) is 23.8 Å². The van der Waals surface area contributed by atoms with Gasteiger partial charge in [-0.3, -0.25) is 9.59 Å². The molecule has 1 aromatic rings. The fraction of sp³-hybridized carbons (Fsp3) is 0.615. The fourth-order valence-corrected chi connectivity index (χ4v) is 3.52. The molecule has 33 heavy (non-hydrogen) atoms. The van der Waals surface area contributed by atoms with Gasteiger partial charge >= 0.3 is 17.9 Å². The van der Waals surface area contributed by atoms with E-state index in [-0.39, 0.29) is 11.5 Å². The highest BCUT2D eigenvalue weighted by atomic mass is 16.7. The molecule has 184 valence electrons. The Morgan fingerprint density at radius 3 is 1.79 bits per heavy atom. The zero-order valence-corrected chi connectivity index (χ0v) is 20.6. The van der Waals surface area contributed by atoms with Crippen LogP contribution in [0.3, 0.4) is 0 Å². The SMILES string of the molecule is CCCCCCCCCCCCCC(=NOC(C)=O)c1ccc(OC(C)=O)cc1OC(C)=O. The maximum absolute atomic E-state index is 11.6. The first-order valence-electron chi connectivity index (χ1n) is 12.1. The van der Waals surface area contributed by atoms with E-state index < -0.39 is 17.9 Å². The summed E-state index contributed by atoms with van der Waals surface area (Å²) in [5.41, 5.74) is 1.03. The van der Waals surface area contributed by atoms with Crippen molar-refractivity contribution in [2.24, 2.45) is 5.16 Å². The Labute approximate surface area is 197 Å². The average molecular weight is 462 g/mol. The van der Waals surface area contributed by atoms with Crippen LogP contribution in [-0.4, -0.2) is 23.6 Å². The van der Waals surface area contributed by atoms with Crippen LogP contribution in [0.5, 0.6) is 11.5 Å². The molecule has 7 heteroatoms. The van der Waals surface area contributed by atoms with Crippen LogP contribution in [0.1, 0.15) is 110 Å². The van der Waals surface area contributed by atoms with Crippen molar-refractivity contribution < 1.29 is 28.7 Å². The number of hydrogen-bond donors (Lipinski definition) is 0. The third-order valence-corrected chi connectivity index (χ3v) is 5.08. The molecule has 0 aliphatic rings. The molecule has 0 fully saturated rings. The Kier molecular flexibility index (Phi) is 14.5. The highest BCUT2D eigenvalue weighted by Gasteiger charge is 2.16.